The summed E-state index contributed by atoms with van der Waals surface area (Å²) in [6.07, 6.45) is 2.17. The molecule has 3 rings (SSSR count). The molecule has 0 saturated heterocycles. The van der Waals surface area contributed by atoms with Gasteiger partial charge in [0, 0.05) is 32.0 Å². The van der Waals surface area contributed by atoms with E-state index in [1.807, 2.05) is 6.07 Å². The summed E-state index contributed by atoms with van der Waals surface area (Å²) in [6.45, 7) is 5.98. The molecule has 0 heterocycles. The number of benzene rings is 3. The van der Waals surface area contributed by atoms with Gasteiger partial charge in [0.15, 0.2) is 0 Å². The van der Waals surface area contributed by atoms with Gasteiger partial charge in [-0.2, -0.15) is 0 Å². The molecule has 3 aromatic rings. The maximum absolute atomic E-state index is 12.9. The van der Waals surface area contributed by atoms with E-state index in [0.717, 1.165) is 19.5 Å². The van der Waals surface area contributed by atoms with Crippen LogP contribution in [0.5, 0.6) is 0 Å². The average Bonchev–Trinajstić information content (AvgIpc) is 2.78. The van der Waals surface area contributed by atoms with Gasteiger partial charge in [-0.15, -0.1) is 0 Å². The van der Waals surface area contributed by atoms with Crippen LogP contribution in [0.4, 0.5) is 0 Å². The first-order valence-corrected chi connectivity index (χ1v) is 11.0. The minimum absolute atomic E-state index is 0.0614. The molecule has 1 atom stereocenters. The number of carbonyl (C=O) groups excluding carboxylic acids is 1. The largest absolute Gasteiger partial charge is 0.300 e. The van der Waals surface area contributed by atoms with Crippen molar-refractivity contribution in [3.63, 3.8) is 0 Å². The smallest absolute Gasteiger partial charge is 0.134 e. The van der Waals surface area contributed by atoms with E-state index in [-0.39, 0.29) is 6.04 Å². The van der Waals surface area contributed by atoms with Crippen molar-refractivity contribution in [1.82, 2.24) is 4.90 Å². The van der Waals surface area contributed by atoms with Crippen molar-refractivity contribution in [1.29, 1.82) is 0 Å². The number of rotatable bonds is 11. The highest BCUT2D eigenvalue weighted by molar-refractivity contribution is 5.79. The Morgan fingerprint density at radius 1 is 0.733 bits per heavy atom. The molecule has 30 heavy (non-hydrogen) atoms. The number of carbonyl (C=O) groups is 1. The van der Waals surface area contributed by atoms with Gasteiger partial charge in [0.25, 0.3) is 0 Å². The second kappa shape index (κ2) is 11.5. The summed E-state index contributed by atoms with van der Waals surface area (Å²) in [5.41, 5.74) is 3.75. The van der Waals surface area contributed by atoms with Crippen LogP contribution in [0.1, 0.15) is 55.8 Å². The zero-order chi connectivity index (χ0) is 21.2. The third kappa shape index (κ3) is 6.96. The van der Waals surface area contributed by atoms with Crippen molar-refractivity contribution >= 4 is 5.78 Å². The molecule has 2 heteroatoms. The molecule has 0 unspecified atom stereocenters. The summed E-state index contributed by atoms with van der Waals surface area (Å²) < 4.78 is 0. The van der Waals surface area contributed by atoms with Gasteiger partial charge in [0.05, 0.1) is 0 Å². The highest BCUT2D eigenvalue weighted by Crippen LogP contribution is 2.29. The van der Waals surface area contributed by atoms with Gasteiger partial charge >= 0.3 is 0 Å². The molecule has 0 aliphatic rings. The van der Waals surface area contributed by atoms with Crippen molar-refractivity contribution in [2.75, 3.05) is 0 Å². The molecule has 0 N–H and O–H groups in total. The normalized spacial score (nSPS) is 12.3. The van der Waals surface area contributed by atoms with Gasteiger partial charge in [-0.05, 0) is 29.0 Å². The monoisotopic (exact) mass is 399 g/mol. The first-order chi connectivity index (χ1) is 14.6. The summed E-state index contributed by atoms with van der Waals surface area (Å²) in [5.74, 6) is 0.901. The molecule has 0 aromatic heterocycles. The first kappa shape index (κ1) is 22.0. The van der Waals surface area contributed by atoms with E-state index in [1.165, 1.54) is 16.7 Å². The second-order valence-electron chi connectivity index (χ2n) is 8.48. The summed E-state index contributed by atoms with van der Waals surface area (Å²) in [5, 5.41) is 0. The predicted octanol–water partition coefficient (Wildman–Crippen LogP) is 6.83. The molecule has 0 aliphatic heterocycles. The van der Waals surface area contributed by atoms with Gasteiger partial charge in [0.1, 0.15) is 5.78 Å². The number of hydrogen-bond donors (Lipinski definition) is 0. The molecular weight excluding hydrogens is 366 g/mol. The summed E-state index contributed by atoms with van der Waals surface area (Å²) in [6, 6.07) is 31.7. The number of Topliss-reactive ketones (excluding diaryl/α,β-unsaturated/α-hetero) is 1. The van der Waals surface area contributed by atoms with Crippen molar-refractivity contribution in [3.05, 3.63) is 108 Å². The van der Waals surface area contributed by atoms with Gasteiger partial charge in [-0.25, -0.2) is 0 Å². The molecule has 0 fully saturated rings. The molecule has 0 bridgehead atoms. The third-order valence-corrected chi connectivity index (χ3v) is 5.50. The van der Waals surface area contributed by atoms with E-state index in [9.17, 15) is 4.79 Å². The van der Waals surface area contributed by atoms with Crippen LogP contribution in [0.3, 0.4) is 0 Å². The molecule has 156 valence electrons. The second-order valence-corrected chi connectivity index (χ2v) is 8.48. The number of ketones is 1. The van der Waals surface area contributed by atoms with Crippen LogP contribution in [-0.2, 0) is 17.9 Å². The molecular formula is C28H33NO. The SMILES string of the molecule is CC(C)CCC(=O)C[C@@H](c1ccccc1)N(Cc1ccccc1)Cc1ccccc1. The fourth-order valence-corrected chi connectivity index (χ4v) is 3.81. The van der Waals surface area contributed by atoms with Crippen molar-refractivity contribution in [3.8, 4) is 0 Å². The van der Waals surface area contributed by atoms with Gasteiger partial charge < -0.3 is 0 Å². The number of nitrogens with zero attached hydrogens (tertiary/aromatic N) is 1. The lowest BCUT2D eigenvalue weighted by molar-refractivity contribution is -0.120. The van der Waals surface area contributed by atoms with Crippen molar-refractivity contribution in [2.24, 2.45) is 5.92 Å². The van der Waals surface area contributed by atoms with E-state index in [1.54, 1.807) is 0 Å². The van der Waals surface area contributed by atoms with Crippen LogP contribution in [0, 0.1) is 5.92 Å². The topological polar surface area (TPSA) is 20.3 Å². The van der Waals surface area contributed by atoms with Crippen LogP contribution < -0.4 is 0 Å². The lowest BCUT2D eigenvalue weighted by atomic mass is 9.95. The first-order valence-electron chi connectivity index (χ1n) is 11.0. The minimum Gasteiger partial charge on any atom is -0.300 e. The Bertz CT molecular complexity index is 833. The van der Waals surface area contributed by atoms with E-state index in [4.69, 9.17) is 0 Å². The van der Waals surface area contributed by atoms with E-state index in [0.29, 0.717) is 24.5 Å². The van der Waals surface area contributed by atoms with Crippen molar-refractivity contribution < 1.29 is 4.79 Å². The quantitative estimate of drug-likeness (QED) is 0.352. The Morgan fingerprint density at radius 2 is 1.20 bits per heavy atom. The summed E-state index contributed by atoms with van der Waals surface area (Å²) in [4.78, 5) is 15.4. The van der Waals surface area contributed by atoms with Crippen LogP contribution in [0.15, 0.2) is 91.0 Å². The minimum atomic E-state index is 0.0614. The van der Waals surface area contributed by atoms with Gasteiger partial charge in [-0.3, -0.25) is 9.69 Å². The van der Waals surface area contributed by atoms with Crippen LogP contribution >= 0.6 is 0 Å². The standard InChI is InChI=1S/C28H33NO/c1-23(2)18-19-27(30)20-28(26-16-10-5-11-17-26)29(21-24-12-6-3-7-13-24)22-25-14-8-4-9-15-25/h3-17,23,28H,18-22H2,1-2H3/t28-/m0/s1. The average molecular weight is 400 g/mol. The molecule has 0 radical (unpaired) electrons. The Morgan fingerprint density at radius 3 is 1.67 bits per heavy atom. The highest BCUT2D eigenvalue weighted by Gasteiger charge is 2.24. The molecule has 0 saturated carbocycles. The zero-order valence-electron chi connectivity index (χ0n) is 18.2. The van der Waals surface area contributed by atoms with E-state index < -0.39 is 0 Å². The van der Waals surface area contributed by atoms with Gasteiger partial charge in [-0.1, -0.05) is 105 Å². The molecule has 3 aromatic carbocycles. The van der Waals surface area contributed by atoms with Crippen molar-refractivity contribution in [2.45, 2.75) is 52.2 Å². The molecule has 0 aliphatic carbocycles. The predicted molar refractivity (Wildman–Crippen MR) is 125 cm³/mol. The Hall–Kier alpha value is -2.71. The fraction of sp³-hybridized carbons (Fsp3) is 0.321. The van der Waals surface area contributed by atoms with Crippen LogP contribution in [-0.4, -0.2) is 10.7 Å². The molecule has 0 spiro atoms. The highest BCUT2D eigenvalue weighted by atomic mass is 16.1. The van der Waals surface area contributed by atoms with E-state index >= 15 is 0 Å². The van der Waals surface area contributed by atoms with E-state index in [2.05, 4.69) is 104 Å². The maximum atomic E-state index is 12.9. The Balaban J connectivity index is 1.89. The maximum Gasteiger partial charge on any atom is 0.134 e. The van der Waals surface area contributed by atoms with Crippen LogP contribution in [0.2, 0.25) is 0 Å². The van der Waals surface area contributed by atoms with Gasteiger partial charge in [0.2, 0.25) is 0 Å². The fourth-order valence-electron chi connectivity index (χ4n) is 3.81. The Kier molecular flexibility index (Phi) is 8.41. The summed E-state index contributed by atoms with van der Waals surface area (Å²) >= 11 is 0. The molecule has 2 nitrogen and oxygen atoms in total. The third-order valence-electron chi connectivity index (χ3n) is 5.50. The zero-order valence-corrected chi connectivity index (χ0v) is 18.2. The Labute approximate surface area is 181 Å². The lowest BCUT2D eigenvalue weighted by Crippen LogP contribution is -2.30. The summed E-state index contributed by atoms with van der Waals surface area (Å²) in [7, 11) is 0. The van der Waals surface area contributed by atoms with Crippen LogP contribution in [0.25, 0.3) is 0 Å². The molecule has 0 amide bonds. The number of hydrogen-bond acceptors (Lipinski definition) is 2. The lowest BCUT2D eigenvalue weighted by Gasteiger charge is -2.32.